The van der Waals surface area contributed by atoms with Crippen LogP contribution in [0.5, 0.6) is 0 Å². The first-order valence-corrected chi connectivity index (χ1v) is 9.98. The molecule has 2 saturated carbocycles. The summed E-state index contributed by atoms with van der Waals surface area (Å²) >= 11 is 0. The molecule has 1 saturated heterocycles. The Morgan fingerprint density at radius 2 is 1.90 bits per heavy atom. The molecule has 4 rings (SSSR count). The van der Waals surface area contributed by atoms with Crippen molar-refractivity contribution in [2.45, 2.75) is 37.8 Å². The third kappa shape index (κ3) is 4.56. The molecule has 1 aromatic rings. The number of anilines is 2. The minimum absolute atomic E-state index is 0.0902. The molecule has 1 aliphatic heterocycles. The Hall–Kier alpha value is -2.52. The van der Waals surface area contributed by atoms with E-state index in [1.54, 1.807) is 0 Å². The Kier molecular flexibility index (Phi) is 5.51. The highest BCUT2D eigenvalue weighted by atomic mass is 19.1. The van der Waals surface area contributed by atoms with E-state index in [4.69, 9.17) is 10.5 Å². The van der Waals surface area contributed by atoms with Crippen LogP contribution in [0.15, 0.2) is 18.2 Å². The van der Waals surface area contributed by atoms with E-state index in [9.17, 15) is 18.8 Å². The zero-order valence-corrected chi connectivity index (χ0v) is 16.0. The average molecular weight is 404 g/mol. The van der Waals surface area contributed by atoms with E-state index >= 15 is 0 Å². The maximum Gasteiger partial charge on any atom is 0.253 e. The fourth-order valence-electron chi connectivity index (χ4n) is 3.84. The van der Waals surface area contributed by atoms with Crippen LogP contribution in [0.1, 0.15) is 25.7 Å². The SMILES string of the molecule is NC(=O)[C@@H](NC(C1CC1)C1CC1)C(=O)Nc1ccc(N2CCOCC2=O)c(F)c1. The van der Waals surface area contributed by atoms with Gasteiger partial charge in [-0.2, -0.15) is 0 Å². The van der Waals surface area contributed by atoms with Gasteiger partial charge >= 0.3 is 0 Å². The van der Waals surface area contributed by atoms with Crippen molar-refractivity contribution < 1.29 is 23.5 Å². The quantitative estimate of drug-likeness (QED) is 0.554. The van der Waals surface area contributed by atoms with E-state index < -0.39 is 23.7 Å². The molecule has 0 bridgehead atoms. The number of nitrogens with one attached hydrogen (secondary N) is 2. The summed E-state index contributed by atoms with van der Waals surface area (Å²) in [5, 5.41) is 5.69. The third-order valence-electron chi connectivity index (χ3n) is 5.66. The number of primary amides is 1. The van der Waals surface area contributed by atoms with E-state index in [0.717, 1.165) is 31.7 Å². The fraction of sp³-hybridized carbons (Fsp3) is 0.550. The van der Waals surface area contributed by atoms with Gasteiger partial charge in [0, 0.05) is 18.3 Å². The normalized spacial score (nSPS) is 20.6. The van der Waals surface area contributed by atoms with Crippen molar-refractivity contribution in [1.82, 2.24) is 5.32 Å². The van der Waals surface area contributed by atoms with E-state index in [2.05, 4.69) is 10.6 Å². The molecule has 8 nitrogen and oxygen atoms in total. The Morgan fingerprint density at radius 3 is 2.45 bits per heavy atom. The van der Waals surface area contributed by atoms with Crippen molar-refractivity contribution in [2.75, 3.05) is 30.0 Å². The van der Waals surface area contributed by atoms with E-state index in [1.165, 1.54) is 17.0 Å². The summed E-state index contributed by atoms with van der Waals surface area (Å²) in [6, 6.07) is 3.00. The number of carbonyl (C=O) groups is 3. The van der Waals surface area contributed by atoms with Crippen molar-refractivity contribution in [3.8, 4) is 0 Å². The third-order valence-corrected chi connectivity index (χ3v) is 5.66. The van der Waals surface area contributed by atoms with Crippen molar-refractivity contribution >= 4 is 29.1 Å². The number of amides is 3. The molecule has 9 heteroatoms. The van der Waals surface area contributed by atoms with Gasteiger partial charge in [-0.3, -0.25) is 19.7 Å². The minimum Gasteiger partial charge on any atom is -0.370 e. The molecule has 1 heterocycles. The number of carbonyl (C=O) groups excluding carboxylic acids is 3. The lowest BCUT2D eigenvalue weighted by atomic mass is 10.1. The number of nitrogens with zero attached hydrogens (tertiary/aromatic N) is 1. The topological polar surface area (TPSA) is 114 Å². The van der Waals surface area contributed by atoms with Gasteiger partial charge in [0.05, 0.1) is 12.3 Å². The predicted octanol–water partition coefficient (Wildman–Crippen LogP) is 0.759. The van der Waals surface area contributed by atoms with Gasteiger partial charge in [-0.25, -0.2) is 4.39 Å². The van der Waals surface area contributed by atoms with Crippen LogP contribution >= 0.6 is 0 Å². The van der Waals surface area contributed by atoms with Crippen LogP contribution in [0.4, 0.5) is 15.8 Å². The van der Waals surface area contributed by atoms with Gasteiger partial charge in [-0.15, -0.1) is 0 Å². The summed E-state index contributed by atoms with van der Waals surface area (Å²) in [6.07, 6.45) is 4.37. The number of benzene rings is 1. The first-order valence-electron chi connectivity index (χ1n) is 9.98. The molecular formula is C20H25FN4O4. The molecule has 2 aliphatic carbocycles. The van der Waals surface area contributed by atoms with Gasteiger partial charge in [0.15, 0.2) is 6.04 Å². The van der Waals surface area contributed by atoms with Gasteiger partial charge in [0.2, 0.25) is 5.91 Å². The first-order chi connectivity index (χ1) is 13.9. The number of ether oxygens (including phenoxy) is 1. The van der Waals surface area contributed by atoms with Crippen LogP contribution in [0.2, 0.25) is 0 Å². The maximum absolute atomic E-state index is 14.6. The van der Waals surface area contributed by atoms with Crippen LogP contribution < -0.4 is 21.3 Å². The molecule has 1 atom stereocenters. The van der Waals surface area contributed by atoms with E-state index in [1.807, 2.05) is 0 Å². The Balaban J connectivity index is 1.44. The molecule has 0 spiro atoms. The molecule has 0 aromatic heterocycles. The highest BCUT2D eigenvalue weighted by molar-refractivity contribution is 6.09. The second-order valence-electron chi connectivity index (χ2n) is 7.96. The minimum atomic E-state index is -1.18. The lowest BCUT2D eigenvalue weighted by Crippen LogP contribution is -2.54. The molecule has 0 radical (unpaired) electrons. The zero-order valence-electron chi connectivity index (χ0n) is 16.0. The summed E-state index contributed by atoms with van der Waals surface area (Å²) in [5.41, 5.74) is 5.78. The first kappa shape index (κ1) is 19.8. The number of morpholine rings is 1. The van der Waals surface area contributed by atoms with Crippen LogP contribution in [-0.2, 0) is 19.1 Å². The molecular weight excluding hydrogens is 379 g/mol. The van der Waals surface area contributed by atoms with Gasteiger partial charge in [0.1, 0.15) is 12.4 Å². The van der Waals surface area contributed by atoms with Crippen LogP contribution in [-0.4, -0.2) is 49.6 Å². The summed E-state index contributed by atoms with van der Waals surface area (Å²) in [7, 11) is 0. The van der Waals surface area contributed by atoms with Crippen LogP contribution in [0.3, 0.4) is 0 Å². The van der Waals surface area contributed by atoms with Crippen molar-refractivity contribution in [3.05, 3.63) is 24.0 Å². The highest BCUT2D eigenvalue weighted by Gasteiger charge is 2.44. The molecule has 156 valence electrons. The molecule has 3 fully saturated rings. The highest BCUT2D eigenvalue weighted by Crippen LogP contribution is 2.44. The van der Waals surface area contributed by atoms with E-state index in [-0.39, 0.29) is 36.5 Å². The van der Waals surface area contributed by atoms with Crippen molar-refractivity contribution in [2.24, 2.45) is 17.6 Å². The number of hydrogen-bond acceptors (Lipinski definition) is 5. The monoisotopic (exact) mass is 404 g/mol. The summed E-state index contributed by atoms with van der Waals surface area (Å²) in [4.78, 5) is 37.7. The number of halogens is 1. The van der Waals surface area contributed by atoms with Gasteiger partial charge in [-0.05, 0) is 55.7 Å². The molecule has 0 unspecified atom stereocenters. The molecule has 4 N–H and O–H groups in total. The molecule has 29 heavy (non-hydrogen) atoms. The molecule has 3 aliphatic rings. The van der Waals surface area contributed by atoms with E-state index in [0.29, 0.717) is 18.4 Å². The van der Waals surface area contributed by atoms with Gasteiger partial charge in [-0.1, -0.05) is 0 Å². The standard InChI is InChI=1S/C20H25FN4O4/c21-14-9-13(5-6-15(14)25-7-8-29-10-16(25)26)23-20(28)18(19(22)27)24-17(11-1-2-11)12-3-4-12/h5-6,9,11-12,17-18,24H,1-4,7-8,10H2,(H2,22,27)(H,23,28)/t18-/m1/s1. The lowest BCUT2D eigenvalue weighted by Gasteiger charge is -2.27. The summed E-state index contributed by atoms with van der Waals surface area (Å²) in [5.74, 6) is -1.37. The predicted molar refractivity (Wildman–Crippen MR) is 104 cm³/mol. The zero-order chi connectivity index (χ0) is 20.5. The van der Waals surface area contributed by atoms with Crippen molar-refractivity contribution in [3.63, 3.8) is 0 Å². The Bertz CT molecular complexity index is 813. The second kappa shape index (κ2) is 8.08. The smallest absolute Gasteiger partial charge is 0.253 e. The lowest BCUT2D eigenvalue weighted by molar-refractivity contribution is -0.128. The Labute approximate surface area is 167 Å². The Morgan fingerprint density at radius 1 is 1.21 bits per heavy atom. The number of nitrogens with two attached hydrogens (primary N) is 1. The molecule has 1 aromatic carbocycles. The van der Waals surface area contributed by atoms with Gasteiger partial charge in [0.25, 0.3) is 11.8 Å². The summed E-state index contributed by atoms with van der Waals surface area (Å²) < 4.78 is 19.6. The largest absolute Gasteiger partial charge is 0.370 e. The van der Waals surface area contributed by atoms with Gasteiger partial charge < -0.3 is 20.7 Å². The van der Waals surface area contributed by atoms with Crippen molar-refractivity contribution in [1.29, 1.82) is 0 Å². The van der Waals surface area contributed by atoms with Crippen LogP contribution in [0, 0.1) is 17.7 Å². The second-order valence-corrected chi connectivity index (χ2v) is 7.96. The van der Waals surface area contributed by atoms with Crippen LogP contribution in [0.25, 0.3) is 0 Å². The summed E-state index contributed by atoms with van der Waals surface area (Å²) in [6.45, 7) is 0.505. The maximum atomic E-state index is 14.6. The fourth-order valence-corrected chi connectivity index (χ4v) is 3.84. The average Bonchev–Trinajstić information content (AvgIpc) is 3.57. The number of rotatable bonds is 8. The molecule has 3 amide bonds. The number of hydrogen-bond donors (Lipinski definition) is 3.